The number of methoxy groups -OCH3 is 1. The SMILES string of the molecule is COC(=O)CC(O)C(O)c1ccc(C(=O)CCC(=O)O)s1. The average molecular weight is 316 g/mol. The number of aliphatic hydroxyl groups excluding tert-OH is 2. The van der Waals surface area contributed by atoms with Gasteiger partial charge in [0.2, 0.25) is 0 Å². The van der Waals surface area contributed by atoms with Gasteiger partial charge >= 0.3 is 11.9 Å². The maximum Gasteiger partial charge on any atom is 0.308 e. The van der Waals surface area contributed by atoms with Gasteiger partial charge in [-0.25, -0.2) is 0 Å². The summed E-state index contributed by atoms with van der Waals surface area (Å²) in [6, 6.07) is 2.92. The number of rotatable bonds is 8. The van der Waals surface area contributed by atoms with Crippen LogP contribution in [0, 0.1) is 0 Å². The van der Waals surface area contributed by atoms with Crippen molar-refractivity contribution in [1.29, 1.82) is 0 Å². The highest BCUT2D eigenvalue weighted by Crippen LogP contribution is 2.27. The minimum atomic E-state index is -1.34. The second-order valence-electron chi connectivity index (χ2n) is 4.31. The molecule has 2 unspecified atom stereocenters. The zero-order chi connectivity index (χ0) is 16.0. The number of hydrogen-bond donors (Lipinski definition) is 3. The van der Waals surface area contributed by atoms with E-state index in [1.807, 2.05) is 0 Å². The highest BCUT2D eigenvalue weighted by Gasteiger charge is 2.24. The standard InChI is InChI=1S/C13H16O7S/c1-20-12(18)6-8(15)13(19)10-4-3-9(21-10)7(14)2-5-11(16)17/h3-4,8,13,15,19H,2,5-6H2,1H3,(H,16,17). The van der Waals surface area contributed by atoms with Crippen LogP contribution < -0.4 is 0 Å². The molecular formula is C13H16O7S. The van der Waals surface area contributed by atoms with Crippen LogP contribution in [-0.4, -0.2) is 46.3 Å². The number of carbonyl (C=O) groups excluding carboxylic acids is 2. The molecule has 0 radical (unpaired) electrons. The molecule has 7 nitrogen and oxygen atoms in total. The number of hydrogen-bond acceptors (Lipinski definition) is 7. The molecule has 1 heterocycles. The number of carboxylic acids is 1. The smallest absolute Gasteiger partial charge is 0.308 e. The van der Waals surface area contributed by atoms with Crippen molar-refractivity contribution in [2.75, 3.05) is 7.11 Å². The highest BCUT2D eigenvalue weighted by molar-refractivity contribution is 7.14. The molecule has 116 valence electrons. The predicted octanol–water partition coefficient (Wildman–Crippen LogP) is 0.753. The lowest BCUT2D eigenvalue weighted by Gasteiger charge is -2.15. The van der Waals surface area contributed by atoms with E-state index >= 15 is 0 Å². The summed E-state index contributed by atoms with van der Waals surface area (Å²) in [7, 11) is 1.17. The van der Waals surface area contributed by atoms with Gasteiger partial charge in [0.05, 0.1) is 30.9 Å². The normalized spacial score (nSPS) is 13.5. The Hall–Kier alpha value is -1.77. The monoisotopic (exact) mass is 316 g/mol. The Morgan fingerprint density at radius 1 is 1.24 bits per heavy atom. The van der Waals surface area contributed by atoms with E-state index in [9.17, 15) is 24.6 Å². The molecule has 1 aromatic rings. The van der Waals surface area contributed by atoms with E-state index in [2.05, 4.69) is 4.74 Å². The van der Waals surface area contributed by atoms with E-state index in [0.717, 1.165) is 11.3 Å². The zero-order valence-electron chi connectivity index (χ0n) is 11.3. The van der Waals surface area contributed by atoms with Gasteiger partial charge in [-0.3, -0.25) is 14.4 Å². The fourth-order valence-electron chi connectivity index (χ4n) is 1.56. The first-order valence-electron chi connectivity index (χ1n) is 6.12. The number of carbonyl (C=O) groups is 3. The first-order chi connectivity index (χ1) is 9.85. The molecule has 1 rings (SSSR count). The summed E-state index contributed by atoms with van der Waals surface area (Å²) in [6.45, 7) is 0. The quantitative estimate of drug-likeness (QED) is 0.478. The van der Waals surface area contributed by atoms with E-state index in [0.29, 0.717) is 9.75 Å². The number of Topliss-reactive ketones (excluding diaryl/α,β-unsaturated/α-hetero) is 1. The fourth-order valence-corrected chi connectivity index (χ4v) is 2.58. The van der Waals surface area contributed by atoms with Crippen LogP contribution >= 0.6 is 11.3 Å². The van der Waals surface area contributed by atoms with Crippen LogP contribution in [-0.2, 0) is 14.3 Å². The van der Waals surface area contributed by atoms with Gasteiger partial charge in [0.25, 0.3) is 0 Å². The van der Waals surface area contributed by atoms with E-state index in [1.165, 1.54) is 19.2 Å². The summed E-state index contributed by atoms with van der Waals surface area (Å²) >= 11 is 0.959. The highest BCUT2D eigenvalue weighted by atomic mass is 32.1. The maximum absolute atomic E-state index is 11.7. The van der Waals surface area contributed by atoms with Crippen molar-refractivity contribution in [2.45, 2.75) is 31.5 Å². The van der Waals surface area contributed by atoms with Gasteiger partial charge in [-0.05, 0) is 12.1 Å². The second kappa shape index (κ2) is 7.87. The number of carboxylic acid groups (broad SMARTS) is 1. The van der Waals surface area contributed by atoms with Gasteiger partial charge in [0.15, 0.2) is 5.78 Å². The van der Waals surface area contributed by atoms with Crippen molar-refractivity contribution < 1.29 is 34.4 Å². The van der Waals surface area contributed by atoms with E-state index in [-0.39, 0.29) is 25.0 Å². The van der Waals surface area contributed by atoms with Gasteiger partial charge in [0.1, 0.15) is 6.10 Å². The molecule has 3 N–H and O–H groups in total. The summed E-state index contributed by atoms with van der Waals surface area (Å²) in [4.78, 5) is 33.8. The number of ketones is 1. The summed E-state index contributed by atoms with van der Waals surface area (Å²) < 4.78 is 4.39. The second-order valence-corrected chi connectivity index (χ2v) is 5.43. The van der Waals surface area contributed by atoms with Gasteiger partial charge < -0.3 is 20.1 Å². The molecule has 1 aromatic heterocycles. The van der Waals surface area contributed by atoms with Crippen LogP contribution in [0.1, 0.15) is 39.9 Å². The first kappa shape index (κ1) is 17.3. The van der Waals surface area contributed by atoms with Crippen LogP contribution in [0.5, 0.6) is 0 Å². The minimum Gasteiger partial charge on any atom is -0.481 e. The molecule has 0 bridgehead atoms. The van der Waals surface area contributed by atoms with Crippen LogP contribution in [0.4, 0.5) is 0 Å². The third kappa shape index (κ3) is 5.25. The van der Waals surface area contributed by atoms with Gasteiger partial charge in [-0.1, -0.05) is 0 Å². The molecule has 0 aliphatic carbocycles. The summed E-state index contributed by atoms with van der Waals surface area (Å²) in [5.74, 6) is -2.06. The van der Waals surface area contributed by atoms with Crippen LogP contribution in [0.3, 0.4) is 0 Å². The molecule has 8 heteroatoms. The first-order valence-corrected chi connectivity index (χ1v) is 6.94. The average Bonchev–Trinajstić information content (AvgIpc) is 2.93. The Kier molecular flexibility index (Phi) is 6.47. The Bertz CT molecular complexity index is 522. The van der Waals surface area contributed by atoms with Gasteiger partial charge in [-0.2, -0.15) is 0 Å². The molecule has 2 atom stereocenters. The molecule has 0 aliphatic heterocycles. The van der Waals surface area contributed by atoms with Crippen molar-refractivity contribution in [1.82, 2.24) is 0 Å². The van der Waals surface area contributed by atoms with Crippen molar-refractivity contribution in [3.63, 3.8) is 0 Å². The summed E-state index contributed by atoms with van der Waals surface area (Å²) in [6.07, 6.45) is -3.40. The fraction of sp³-hybridized carbons (Fsp3) is 0.462. The summed E-state index contributed by atoms with van der Waals surface area (Å²) in [5.41, 5.74) is 0. The lowest BCUT2D eigenvalue weighted by molar-refractivity contribution is -0.144. The molecule has 0 saturated heterocycles. The van der Waals surface area contributed by atoms with Crippen molar-refractivity contribution in [2.24, 2.45) is 0 Å². The molecule has 0 aromatic carbocycles. The van der Waals surface area contributed by atoms with E-state index in [1.54, 1.807) is 0 Å². The summed E-state index contributed by atoms with van der Waals surface area (Å²) in [5, 5.41) is 28.1. The van der Waals surface area contributed by atoms with Crippen molar-refractivity contribution >= 4 is 29.1 Å². The Labute approximate surface area is 124 Å². The number of ether oxygens (including phenoxy) is 1. The predicted molar refractivity (Wildman–Crippen MR) is 73.1 cm³/mol. The molecular weight excluding hydrogens is 300 g/mol. The molecule has 0 fully saturated rings. The molecule has 0 spiro atoms. The van der Waals surface area contributed by atoms with Crippen molar-refractivity contribution in [3.8, 4) is 0 Å². The van der Waals surface area contributed by atoms with Gasteiger partial charge in [-0.15, -0.1) is 11.3 Å². The number of esters is 1. The Morgan fingerprint density at radius 3 is 2.48 bits per heavy atom. The third-order valence-electron chi connectivity index (χ3n) is 2.73. The van der Waals surface area contributed by atoms with Crippen LogP contribution in [0.15, 0.2) is 12.1 Å². The minimum absolute atomic E-state index is 0.129. The maximum atomic E-state index is 11.7. The number of aliphatic carboxylic acids is 1. The number of thiophene rings is 1. The Balaban J connectivity index is 2.67. The molecule has 0 aliphatic rings. The van der Waals surface area contributed by atoms with E-state index < -0.39 is 24.1 Å². The molecule has 21 heavy (non-hydrogen) atoms. The van der Waals surface area contributed by atoms with Crippen LogP contribution in [0.25, 0.3) is 0 Å². The van der Waals surface area contributed by atoms with Crippen LogP contribution in [0.2, 0.25) is 0 Å². The largest absolute Gasteiger partial charge is 0.481 e. The van der Waals surface area contributed by atoms with Crippen molar-refractivity contribution in [3.05, 3.63) is 21.9 Å². The van der Waals surface area contributed by atoms with E-state index in [4.69, 9.17) is 5.11 Å². The molecule has 0 amide bonds. The lowest BCUT2D eigenvalue weighted by atomic mass is 10.1. The third-order valence-corrected chi connectivity index (χ3v) is 3.92. The van der Waals surface area contributed by atoms with Gasteiger partial charge in [0, 0.05) is 11.3 Å². The number of aliphatic hydroxyl groups is 2. The Morgan fingerprint density at radius 2 is 1.90 bits per heavy atom. The topological polar surface area (TPSA) is 121 Å². The zero-order valence-corrected chi connectivity index (χ0v) is 12.1. The molecule has 0 saturated carbocycles. The lowest BCUT2D eigenvalue weighted by Crippen LogP contribution is -2.21.